The number of nitrogens with zero attached hydrogens (tertiary/aromatic N) is 2. The Morgan fingerprint density at radius 1 is 1.03 bits per heavy atom. The molecule has 0 aliphatic carbocycles. The fraction of sp³-hybridized carbons (Fsp3) is 0.208. The molecule has 0 fully saturated rings. The van der Waals surface area contributed by atoms with Gasteiger partial charge in [0.15, 0.2) is 0 Å². The zero-order valence-electron chi connectivity index (χ0n) is 17.5. The molecule has 2 aromatic carbocycles. The summed E-state index contributed by atoms with van der Waals surface area (Å²) in [5.74, 6) is 0.812. The van der Waals surface area contributed by atoms with Crippen molar-refractivity contribution < 1.29 is 9.53 Å². The predicted octanol–water partition coefficient (Wildman–Crippen LogP) is 4.50. The van der Waals surface area contributed by atoms with Crippen LogP contribution in [0.5, 0.6) is 5.75 Å². The topological polar surface area (TPSA) is 75.6 Å². The molecule has 0 aliphatic rings. The molecule has 3 aromatic rings. The Bertz CT molecular complexity index is 1030. The molecular formula is C24H26N4O2. The van der Waals surface area contributed by atoms with E-state index < -0.39 is 0 Å². The molecule has 0 bridgehead atoms. The van der Waals surface area contributed by atoms with Crippen molar-refractivity contribution in [1.82, 2.24) is 10.3 Å². The number of carbonyl (C=O) groups is 1. The maximum absolute atomic E-state index is 12.9. The third-order valence-electron chi connectivity index (χ3n) is 4.61. The minimum absolute atomic E-state index is 0.229. The smallest absolute Gasteiger partial charge is 0.257 e. The molecule has 0 saturated heterocycles. The third-order valence-corrected chi connectivity index (χ3v) is 4.61. The van der Waals surface area contributed by atoms with Crippen molar-refractivity contribution in [3.8, 4) is 5.75 Å². The van der Waals surface area contributed by atoms with E-state index in [4.69, 9.17) is 4.74 Å². The number of aromatic nitrogens is 1. The quantitative estimate of drug-likeness (QED) is 0.470. The Labute approximate surface area is 177 Å². The second kappa shape index (κ2) is 10.2. The first-order valence-electron chi connectivity index (χ1n) is 9.87. The van der Waals surface area contributed by atoms with Crippen LogP contribution in [0.15, 0.2) is 72.0 Å². The number of nitrogens with one attached hydrogen (secondary N) is 2. The zero-order valence-corrected chi connectivity index (χ0v) is 17.5. The number of pyridine rings is 1. The van der Waals surface area contributed by atoms with Gasteiger partial charge in [-0.1, -0.05) is 18.2 Å². The van der Waals surface area contributed by atoms with Crippen LogP contribution in [0.4, 0.5) is 5.69 Å². The number of guanidine groups is 1. The molecule has 0 aliphatic heterocycles. The van der Waals surface area contributed by atoms with Crippen LogP contribution in [0.25, 0.3) is 0 Å². The van der Waals surface area contributed by atoms with E-state index >= 15 is 0 Å². The molecule has 0 radical (unpaired) electrons. The second-order valence-corrected chi connectivity index (χ2v) is 6.83. The van der Waals surface area contributed by atoms with Crippen molar-refractivity contribution in [3.05, 3.63) is 89.2 Å². The number of rotatable bonds is 6. The van der Waals surface area contributed by atoms with Crippen LogP contribution in [0.2, 0.25) is 0 Å². The Morgan fingerprint density at radius 3 is 2.53 bits per heavy atom. The van der Waals surface area contributed by atoms with Gasteiger partial charge in [0.2, 0.25) is 5.96 Å². The molecule has 1 aromatic heterocycles. The van der Waals surface area contributed by atoms with E-state index in [0.717, 1.165) is 22.4 Å². The van der Waals surface area contributed by atoms with E-state index in [1.807, 2.05) is 75.4 Å². The number of carbonyl (C=O) groups excluding carboxylic acids is 1. The van der Waals surface area contributed by atoms with E-state index in [1.54, 1.807) is 12.4 Å². The molecule has 30 heavy (non-hydrogen) atoms. The summed E-state index contributed by atoms with van der Waals surface area (Å²) in [7, 11) is 0. The van der Waals surface area contributed by atoms with Gasteiger partial charge in [0.1, 0.15) is 5.75 Å². The van der Waals surface area contributed by atoms with E-state index in [-0.39, 0.29) is 5.91 Å². The normalized spacial score (nSPS) is 11.1. The van der Waals surface area contributed by atoms with Crippen LogP contribution >= 0.6 is 0 Å². The van der Waals surface area contributed by atoms with Gasteiger partial charge in [0.05, 0.1) is 18.8 Å². The molecule has 154 valence electrons. The number of aliphatic imine (C=N–C) groups is 1. The summed E-state index contributed by atoms with van der Waals surface area (Å²) < 4.78 is 5.68. The molecular weight excluding hydrogens is 376 g/mol. The molecule has 0 unspecified atom stereocenters. The Morgan fingerprint density at radius 2 is 1.80 bits per heavy atom. The van der Waals surface area contributed by atoms with Gasteiger partial charge in [-0.3, -0.25) is 15.1 Å². The summed E-state index contributed by atoms with van der Waals surface area (Å²) >= 11 is 0. The van der Waals surface area contributed by atoms with Gasteiger partial charge in [0, 0.05) is 18.0 Å². The van der Waals surface area contributed by atoms with Gasteiger partial charge in [-0.25, -0.2) is 4.99 Å². The van der Waals surface area contributed by atoms with Crippen molar-refractivity contribution in [2.75, 3.05) is 11.9 Å². The maximum atomic E-state index is 12.9. The highest BCUT2D eigenvalue weighted by Gasteiger charge is 2.12. The van der Waals surface area contributed by atoms with Crippen molar-refractivity contribution in [2.24, 2.45) is 4.99 Å². The first kappa shape index (κ1) is 21.0. The van der Waals surface area contributed by atoms with Gasteiger partial charge in [0.25, 0.3) is 5.91 Å². The number of para-hydroxylation sites is 2. The monoisotopic (exact) mass is 402 g/mol. The largest absolute Gasteiger partial charge is 0.492 e. The lowest BCUT2D eigenvalue weighted by atomic mass is 10.1. The van der Waals surface area contributed by atoms with Gasteiger partial charge in [-0.15, -0.1) is 0 Å². The number of amides is 1. The SMILES string of the molecule is CCOc1ccccc1NC(=NCc1ccncc1)NC(=O)c1ccc(C)c(C)c1. The average molecular weight is 402 g/mol. The van der Waals surface area contributed by atoms with Crippen molar-refractivity contribution >= 4 is 17.6 Å². The lowest BCUT2D eigenvalue weighted by molar-refractivity contribution is 0.0976. The van der Waals surface area contributed by atoms with Crippen LogP contribution in [-0.2, 0) is 6.54 Å². The summed E-state index contributed by atoms with van der Waals surface area (Å²) in [4.78, 5) is 21.5. The highest BCUT2D eigenvalue weighted by atomic mass is 16.5. The summed E-state index contributed by atoms with van der Waals surface area (Å²) in [6.45, 7) is 6.87. The van der Waals surface area contributed by atoms with E-state index in [2.05, 4.69) is 20.6 Å². The maximum Gasteiger partial charge on any atom is 0.257 e. The van der Waals surface area contributed by atoms with Crippen molar-refractivity contribution in [1.29, 1.82) is 0 Å². The first-order chi connectivity index (χ1) is 14.6. The fourth-order valence-electron chi connectivity index (χ4n) is 2.81. The molecule has 0 spiro atoms. The summed E-state index contributed by atoms with van der Waals surface area (Å²) in [6.07, 6.45) is 3.44. The van der Waals surface area contributed by atoms with E-state index in [9.17, 15) is 4.79 Å². The van der Waals surface area contributed by atoms with Crippen molar-refractivity contribution in [2.45, 2.75) is 27.3 Å². The minimum Gasteiger partial charge on any atom is -0.492 e. The molecule has 1 amide bonds. The van der Waals surface area contributed by atoms with Crippen LogP contribution < -0.4 is 15.4 Å². The Kier molecular flexibility index (Phi) is 7.16. The lowest BCUT2D eigenvalue weighted by Crippen LogP contribution is -2.36. The highest BCUT2D eigenvalue weighted by molar-refractivity contribution is 6.10. The molecule has 3 rings (SSSR count). The number of hydrogen-bond donors (Lipinski definition) is 2. The first-order valence-corrected chi connectivity index (χ1v) is 9.87. The van der Waals surface area contributed by atoms with Crippen LogP contribution in [0.3, 0.4) is 0 Å². The van der Waals surface area contributed by atoms with Crippen molar-refractivity contribution in [3.63, 3.8) is 0 Å². The number of aryl methyl sites for hydroxylation is 2. The van der Waals surface area contributed by atoms with Crippen LogP contribution in [-0.4, -0.2) is 23.5 Å². The second-order valence-electron chi connectivity index (χ2n) is 6.83. The van der Waals surface area contributed by atoms with Gasteiger partial charge >= 0.3 is 0 Å². The zero-order chi connectivity index (χ0) is 21.3. The fourth-order valence-corrected chi connectivity index (χ4v) is 2.81. The Hall–Kier alpha value is -3.67. The minimum atomic E-state index is -0.229. The lowest BCUT2D eigenvalue weighted by Gasteiger charge is -2.15. The average Bonchev–Trinajstić information content (AvgIpc) is 2.76. The summed E-state index contributed by atoms with van der Waals surface area (Å²) in [6, 6.07) is 17.0. The number of anilines is 1. The molecule has 0 atom stereocenters. The highest BCUT2D eigenvalue weighted by Crippen LogP contribution is 2.23. The Balaban J connectivity index is 1.85. The molecule has 0 saturated carbocycles. The molecule has 2 N–H and O–H groups in total. The van der Waals surface area contributed by atoms with Gasteiger partial charge in [-0.2, -0.15) is 0 Å². The molecule has 6 nitrogen and oxygen atoms in total. The van der Waals surface area contributed by atoms with Gasteiger partial charge in [-0.05, 0) is 73.9 Å². The number of ether oxygens (including phenoxy) is 1. The summed E-state index contributed by atoms with van der Waals surface area (Å²) in [5, 5.41) is 6.10. The molecule has 1 heterocycles. The van der Waals surface area contributed by atoms with E-state index in [0.29, 0.717) is 30.4 Å². The number of benzene rings is 2. The standard InChI is InChI=1S/C24H26N4O2/c1-4-30-22-8-6-5-7-21(22)27-24(26-16-19-11-13-25-14-12-19)28-23(29)20-10-9-17(2)18(3)15-20/h5-15H,4,16H2,1-3H3,(H2,26,27,28,29). The van der Waals surface area contributed by atoms with Crippen LogP contribution in [0, 0.1) is 13.8 Å². The van der Waals surface area contributed by atoms with Crippen LogP contribution in [0.1, 0.15) is 34.0 Å². The van der Waals surface area contributed by atoms with E-state index in [1.165, 1.54) is 0 Å². The van der Waals surface area contributed by atoms with Gasteiger partial charge < -0.3 is 10.1 Å². The predicted molar refractivity (Wildman–Crippen MR) is 120 cm³/mol. The number of hydrogen-bond acceptors (Lipinski definition) is 4. The summed E-state index contributed by atoms with van der Waals surface area (Å²) in [5.41, 5.74) is 4.50. The third kappa shape index (κ3) is 5.67. The molecule has 6 heteroatoms.